The lowest BCUT2D eigenvalue weighted by atomic mass is 10.2. The van der Waals surface area contributed by atoms with Gasteiger partial charge in [0.25, 0.3) is 5.56 Å². The van der Waals surface area contributed by atoms with E-state index in [9.17, 15) is 9.90 Å². The van der Waals surface area contributed by atoms with Gasteiger partial charge in [0, 0.05) is 21.8 Å². The van der Waals surface area contributed by atoms with Gasteiger partial charge in [0.1, 0.15) is 16.3 Å². The fourth-order valence-corrected chi connectivity index (χ4v) is 3.72. The molecule has 0 aliphatic carbocycles. The summed E-state index contributed by atoms with van der Waals surface area (Å²) in [5, 5.41) is 13.7. The maximum absolute atomic E-state index is 12.4. The second kappa shape index (κ2) is 5.65. The van der Waals surface area contributed by atoms with Crippen LogP contribution in [-0.4, -0.2) is 15.1 Å². The Kier molecular flexibility index (Phi) is 3.46. The van der Waals surface area contributed by atoms with Gasteiger partial charge in [0.15, 0.2) is 0 Å². The molecule has 0 amide bonds. The Morgan fingerprint density at radius 1 is 1.25 bits per heavy atom. The first-order valence-corrected chi connectivity index (χ1v) is 8.37. The number of hydrogen-bond donors (Lipinski definition) is 3. The second-order valence-electron chi connectivity index (χ2n) is 5.70. The topological polar surface area (TPSA) is 78.0 Å². The molecule has 0 aliphatic rings. The molecular weight excluding hydrogens is 322 g/mol. The summed E-state index contributed by atoms with van der Waals surface area (Å²) in [6, 6.07) is 13.0. The SMILES string of the molecule is Cc1ccc2sc3c(=O)[nH]c(CNc4cccc(O)c4)nc3c2c1. The number of aromatic nitrogens is 2. The molecule has 5 nitrogen and oxygen atoms in total. The van der Waals surface area contributed by atoms with E-state index in [-0.39, 0.29) is 11.3 Å². The van der Waals surface area contributed by atoms with Crippen molar-refractivity contribution < 1.29 is 5.11 Å². The van der Waals surface area contributed by atoms with Crippen LogP contribution < -0.4 is 10.9 Å². The van der Waals surface area contributed by atoms with Gasteiger partial charge in [-0.3, -0.25) is 4.79 Å². The smallest absolute Gasteiger partial charge is 0.268 e. The quantitative estimate of drug-likeness (QED) is 0.532. The molecule has 0 spiro atoms. The molecule has 0 saturated carbocycles. The normalized spacial score (nSPS) is 11.2. The van der Waals surface area contributed by atoms with Crippen LogP contribution in [0.2, 0.25) is 0 Å². The van der Waals surface area contributed by atoms with E-state index in [1.165, 1.54) is 11.3 Å². The summed E-state index contributed by atoms with van der Waals surface area (Å²) in [4.78, 5) is 19.8. The summed E-state index contributed by atoms with van der Waals surface area (Å²) in [6.45, 7) is 2.40. The van der Waals surface area contributed by atoms with Crippen LogP contribution in [0.15, 0.2) is 47.3 Å². The largest absolute Gasteiger partial charge is 0.508 e. The Balaban J connectivity index is 1.75. The molecule has 3 N–H and O–H groups in total. The summed E-state index contributed by atoms with van der Waals surface area (Å²) in [5.74, 6) is 0.758. The number of phenolic OH excluding ortho intramolecular Hbond substituents is 1. The Hall–Kier alpha value is -2.86. The average molecular weight is 337 g/mol. The average Bonchev–Trinajstić information content (AvgIpc) is 2.92. The number of H-pyrrole nitrogens is 1. The van der Waals surface area contributed by atoms with Crippen LogP contribution in [0, 0.1) is 6.92 Å². The highest BCUT2D eigenvalue weighted by atomic mass is 32.1. The third kappa shape index (κ3) is 2.61. The van der Waals surface area contributed by atoms with Crippen molar-refractivity contribution in [2.75, 3.05) is 5.32 Å². The Morgan fingerprint density at radius 2 is 2.12 bits per heavy atom. The number of aryl methyl sites for hydroxylation is 1. The first kappa shape index (κ1) is 14.7. The highest BCUT2D eigenvalue weighted by Crippen LogP contribution is 2.31. The van der Waals surface area contributed by atoms with Gasteiger partial charge in [0.2, 0.25) is 0 Å². The standard InChI is InChI=1S/C18H15N3O2S/c1-10-5-6-14-13(7-10)16-17(24-14)18(23)21-15(20-16)9-19-11-3-2-4-12(22)8-11/h2-8,19,22H,9H2,1H3,(H,20,21,23). The van der Waals surface area contributed by atoms with Crippen molar-refractivity contribution in [3.05, 3.63) is 64.2 Å². The number of nitrogens with one attached hydrogen (secondary N) is 2. The molecule has 120 valence electrons. The van der Waals surface area contributed by atoms with Crippen LogP contribution in [0.25, 0.3) is 20.3 Å². The molecule has 2 heterocycles. The Labute approximate surface area is 141 Å². The van der Waals surface area contributed by atoms with Crippen molar-refractivity contribution in [3.63, 3.8) is 0 Å². The summed E-state index contributed by atoms with van der Waals surface area (Å²) in [5.41, 5.74) is 2.54. The lowest BCUT2D eigenvalue weighted by molar-refractivity contribution is 0.475. The minimum atomic E-state index is -0.119. The maximum Gasteiger partial charge on any atom is 0.268 e. The summed E-state index contributed by atoms with van der Waals surface area (Å²) >= 11 is 1.46. The second-order valence-corrected chi connectivity index (χ2v) is 6.75. The minimum absolute atomic E-state index is 0.119. The number of rotatable bonds is 3. The predicted octanol–water partition coefficient (Wildman–Crippen LogP) is 3.76. The van der Waals surface area contributed by atoms with Gasteiger partial charge >= 0.3 is 0 Å². The lowest BCUT2D eigenvalue weighted by Crippen LogP contribution is -2.13. The van der Waals surface area contributed by atoms with Crippen LogP contribution in [0.4, 0.5) is 5.69 Å². The van der Waals surface area contributed by atoms with Crippen LogP contribution in [0.1, 0.15) is 11.4 Å². The maximum atomic E-state index is 12.4. The molecule has 4 aromatic rings. The molecule has 24 heavy (non-hydrogen) atoms. The van der Waals surface area contributed by atoms with Crippen molar-refractivity contribution in [2.45, 2.75) is 13.5 Å². The van der Waals surface area contributed by atoms with Gasteiger partial charge in [0.05, 0.1) is 12.1 Å². The summed E-state index contributed by atoms with van der Waals surface area (Å²) in [6.07, 6.45) is 0. The minimum Gasteiger partial charge on any atom is -0.508 e. The number of fused-ring (bicyclic) bond motifs is 3. The van der Waals surface area contributed by atoms with Gasteiger partial charge in [-0.05, 0) is 31.2 Å². The zero-order valence-corrected chi connectivity index (χ0v) is 13.8. The summed E-state index contributed by atoms with van der Waals surface area (Å²) < 4.78 is 1.71. The van der Waals surface area contributed by atoms with Crippen LogP contribution in [0.3, 0.4) is 0 Å². The third-order valence-corrected chi connectivity index (χ3v) is 4.99. The molecule has 2 aromatic carbocycles. The molecule has 0 aliphatic heterocycles. The highest BCUT2D eigenvalue weighted by molar-refractivity contribution is 7.25. The molecule has 0 bridgehead atoms. The van der Waals surface area contributed by atoms with Crippen molar-refractivity contribution in [2.24, 2.45) is 0 Å². The molecule has 0 saturated heterocycles. The molecule has 4 rings (SSSR count). The fourth-order valence-electron chi connectivity index (χ4n) is 2.70. The van der Waals surface area contributed by atoms with Gasteiger partial charge < -0.3 is 15.4 Å². The molecule has 0 atom stereocenters. The van der Waals surface area contributed by atoms with E-state index in [0.29, 0.717) is 17.1 Å². The molecular formula is C18H15N3O2S. The van der Waals surface area contributed by atoms with Gasteiger partial charge in [-0.25, -0.2) is 4.98 Å². The van der Waals surface area contributed by atoms with Crippen molar-refractivity contribution in [3.8, 4) is 5.75 Å². The highest BCUT2D eigenvalue weighted by Gasteiger charge is 2.11. The van der Waals surface area contributed by atoms with Gasteiger partial charge in [-0.15, -0.1) is 11.3 Å². The molecule has 6 heteroatoms. The third-order valence-electron chi connectivity index (χ3n) is 3.83. The monoisotopic (exact) mass is 337 g/mol. The van der Waals surface area contributed by atoms with Crippen LogP contribution >= 0.6 is 11.3 Å². The van der Waals surface area contributed by atoms with Crippen LogP contribution in [-0.2, 0) is 6.54 Å². The molecule has 0 radical (unpaired) electrons. The Morgan fingerprint density at radius 3 is 2.96 bits per heavy atom. The predicted molar refractivity (Wildman–Crippen MR) is 97.9 cm³/mol. The van der Waals surface area contributed by atoms with E-state index in [4.69, 9.17) is 0 Å². The van der Waals surface area contributed by atoms with Gasteiger partial charge in [-0.2, -0.15) is 0 Å². The number of thiophene rings is 1. The van der Waals surface area contributed by atoms with E-state index >= 15 is 0 Å². The molecule has 2 aromatic heterocycles. The zero-order valence-electron chi connectivity index (χ0n) is 13.0. The van der Waals surface area contributed by atoms with E-state index in [1.807, 2.05) is 25.1 Å². The number of benzene rings is 2. The number of nitrogens with zero attached hydrogens (tertiary/aromatic N) is 1. The van der Waals surface area contributed by atoms with E-state index < -0.39 is 0 Å². The number of anilines is 1. The fraction of sp³-hybridized carbons (Fsp3) is 0.111. The van der Waals surface area contributed by atoms with Crippen molar-refractivity contribution >= 4 is 37.3 Å². The first-order valence-electron chi connectivity index (χ1n) is 7.55. The number of aromatic hydroxyl groups is 1. The van der Waals surface area contributed by atoms with Crippen molar-refractivity contribution in [1.29, 1.82) is 0 Å². The number of hydrogen-bond acceptors (Lipinski definition) is 5. The number of aromatic amines is 1. The number of phenols is 1. The van der Waals surface area contributed by atoms with E-state index in [1.54, 1.807) is 18.2 Å². The molecule has 0 fully saturated rings. The van der Waals surface area contributed by atoms with E-state index in [2.05, 4.69) is 21.4 Å². The lowest BCUT2D eigenvalue weighted by Gasteiger charge is -2.06. The Bertz CT molecular complexity index is 1110. The van der Waals surface area contributed by atoms with Gasteiger partial charge in [-0.1, -0.05) is 17.7 Å². The van der Waals surface area contributed by atoms with E-state index in [0.717, 1.165) is 26.9 Å². The van der Waals surface area contributed by atoms with Crippen molar-refractivity contribution in [1.82, 2.24) is 9.97 Å². The van der Waals surface area contributed by atoms with Crippen LogP contribution in [0.5, 0.6) is 5.75 Å². The zero-order chi connectivity index (χ0) is 16.7. The first-order chi connectivity index (χ1) is 11.6. The summed E-state index contributed by atoms with van der Waals surface area (Å²) in [7, 11) is 0. The molecule has 0 unspecified atom stereocenters.